The first kappa shape index (κ1) is 13.7. The van der Waals surface area contributed by atoms with Gasteiger partial charge in [0.1, 0.15) is 0 Å². The fourth-order valence-electron chi connectivity index (χ4n) is 2.26. The number of halogens is 1. The van der Waals surface area contributed by atoms with Crippen LogP contribution in [0.15, 0.2) is 24.3 Å². The first-order valence-electron chi connectivity index (χ1n) is 5.77. The number of nitriles is 1. The summed E-state index contributed by atoms with van der Waals surface area (Å²) < 4.78 is 0. The lowest BCUT2D eigenvalue weighted by atomic mass is 9.85. The second kappa shape index (κ2) is 5.94. The molecule has 1 aromatic rings. The highest BCUT2D eigenvalue weighted by Gasteiger charge is 2.37. The van der Waals surface area contributed by atoms with E-state index in [0.717, 1.165) is 5.56 Å². The molecule has 4 atom stereocenters. The second-order valence-electron chi connectivity index (χ2n) is 4.38. The summed E-state index contributed by atoms with van der Waals surface area (Å²) in [5.74, 6) is -0.422. The summed E-state index contributed by atoms with van der Waals surface area (Å²) in [5, 5.41) is 23.5. The summed E-state index contributed by atoms with van der Waals surface area (Å²) in [7, 11) is 0. The lowest BCUT2D eigenvalue weighted by molar-refractivity contribution is 0.0735. The standard InChI is InChI=1S/C13H15ClN2OS/c1-18-12-6-11(17)10(7-15)13(16-12)8-2-4-9(14)5-3-8/h2-5,10-13,16-17H,6H2,1H3. The molecule has 0 bridgehead atoms. The molecule has 1 fully saturated rings. The molecule has 0 spiro atoms. The van der Waals surface area contributed by atoms with E-state index in [1.807, 2.05) is 30.5 Å². The van der Waals surface area contributed by atoms with E-state index in [9.17, 15) is 10.4 Å². The molecule has 1 saturated heterocycles. The minimum atomic E-state index is -0.589. The van der Waals surface area contributed by atoms with Gasteiger partial charge in [-0.05, 0) is 30.4 Å². The monoisotopic (exact) mass is 282 g/mol. The van der Waals surface area contributed by atoms with Crippen LogP contribution in [0.25, 0.3) is 0 Å². The molecule has 1 heterocycles. The van der Waals surface area contributed by atoms with E-state index in [0.29, 0.717) is 11.4 Å². The summed E-state index contributed by atoms with van der Waals surface area (Å²) in [6, 6.07) is 9.48. The molecule has 1 aromatic carbocycles. The zero-order valence-electron chi connectivity index (χ0n) is 10.0. The number of nitrogens with one attached hydrogen (secondary N) is 1. The zero-order valence-corrected chi connectivity index (χ0v) is 11.6. The fraction of sp³-hybridized carbons (Fsp3) is 0.462. The number of rotatable bonds is 2. The van der Waals surface area contributed by atoms with Crippen LogP contribution in [0.3, 0.4) is 0 Å². The molecular weight excluding hydrogens is 268 g/mol. The maximum absolute atomic E-state index is 10.1. The minimum Gasteiger partial charge on any atom is -0.392 e. The van der Waals surface area contributed by atoms with E-state index < -0.39 is 12.0 Å². The van der Waals surface area contributed by atoms with Gasteiger partial charge in [-0.2, -0.15) is 5.26 Å². The van der Waals surface area contributed by atoms with Crippen LogP contribution in [0.2, 0.25) is 5.02 Å². The van der Waals surface area contributed by atoms with Crippen molar-refractivity contribution in [3.05, 3.63) is 34.9 Å². The topological polar surface area (TPSA) is 56.0 Å². The molecule has 5 heteroatoms. The van der Waals surface area contributed by atoms with Crippen molar-refractivity contribution in [1.82, 2.24) is 5.32 Å². The SMILES string of the molecule is CSC1CC(O)C(C#N)C(c2ccc(Cl)cc2)N1. The van der Waals surface area contributed by atoms with Crippen molar-refractivity contribution in [1.29, 1.82) is 5.26 Å². The minimum absolute atomic E-state index is 0.145. The summed E-state index contributed by atoms with van der Waals surface area (Å²) >= 11 is 7.52. The molecule has 0 amide bonds. The van der Waals surface area contributed by atoms with Gasteiger partial charge in [0.05, 0.1) is 29.5 Å². The lowest BCUT2D eigenvalue weighted by Crippen LogP contribution is -2.46. The number of hydrogen-bond acceptors (Lipinski definition) is 4. The van der Waals surface area contributed by atoms with Crippen LogP contribution in [0.5, 0.6) is 0 Å². The number of benzene rings is 1. The number of thioether (sulfide) groups is 1. The molecule has 2 N–H and O–H groups in total. The van der Waals surface area contributed by atoms with Gasteiger partial charge in [0.25, 0.3) is 0 Å². The molecule has 0 saturated carbocycles. The van der Waals surface area contributed by atoms with Gasteiger partial charge >= 0.3 is 0 Å². The molecular formula is C13H15ClN2OS. The Balaban J connectivity index is 2.27. The maximum atomic E-state index is 10.1. The summed E-state index contributed by atoms with van der Waals surface area (Å²) in [6.07, 6.45) is 2.01. The molecule has 1 aliphatic rings. The van der Waals surface area contributed by atoms with Crippen LogP contribution >= 0.6 is 23.4 Å². The Hall–Kier alpha value is -0.730. The largest absolute Gasteiger partial charge is 0.392 e. The van der Waals surface area contributed by atoms with Crippen LogP contribution in [0, 0.1) is 17.2 Å². The van der Waals surface area contributed by atoms with Crippen molar-refractivity contribution in [2.24, 2.45) is 5.92 Å². The number of piperidine rings is 1. The van der Waals surface area contributed by atoms with Crippen LogP contribution in [0.1, 0.15) is 18.0 Å². The highest BCUT2D eigenvalue weighted by atomic mass is 35.5. The first-order chi connectivity index (χ1) is 8.65. The van der Waals surface area contributed by atoms with E-state index in [1.165, 1.54) is 0 Å². The number of hydrogen-bond donors (Lipinski definition) is 2. The predicted octanol–water partition coefficient (Wildman–Crippen LogP) is 2.56. The Labute approximate surface area is 116 Å². The van der Waals surface area contributed by atoms with Gasteiger partial charge in [0.2, 0.25) is 0 Å². The first-order valence-corrected chi connectivity index (χ1v) is 7.44. The van der Waals surface area contributed by atoms with Gasteiger partial charge < -0.3 is 5.11 Å². The van der Waals surface area contributed by atoms with Gasteiger partial charge in [-0.3, -0.25) is 5.32 Å². The summed E-state index contributed by atoms with van der Waals surface area (Å²) in [4.78, 5) is 0. The Bertz CT molecular complexity index is 445. The van der Waals surface area contributed by atoms with Crippen LogP contribution in [-0.4, -0.2) is 22.8 Å². The maximum Gasteiger partial charge on any atom is 0.0918 e. The van der Waals surface area contributed by atoms with E-state index >= 15 is 0 Å². The van der Waals surface area contributed by atoms with Gasteiger partial charge in [-0.1, -0.05) is 23.7 Å². The third-order valence-corrected chi connectivity index (χ3v) is 4.41. The van der Waals surface area contributed by atoms with E-state index in [2.05, 4.69) is 11.4 Å². The van der Waals surface area contributed by atoms with Crippen molar-refractivity contribution in [2.75, 3.05) is 6.26 Å². The lowest BCUT2D eigenvalue weighted by Gasteiger charge is -2.37. The molecule has 18 heavy (non-hydrogen) atoms. The van der Waals surface area contributed by atoms with Crippen molar-refractivity contribution < 1.29 is 5.11 Å². The highest BCUT2D eigenvalue weighted by Crippen LogP contribution is 2.34. The molecule has 4 unspecified atom stereocenters. The third kappa shape index (κ3) is 2.81. The van der Waals surface area contributed by atoms with Gasteiger partial charge in [0.15, 0.2) is 0 Å². The fourth-order valence-corrected chi connectivity index (χ4v) is 3.06. The predicted molar refractivity (Wildman–Crippen MR) is 74.4 cm³/mol. The second-order valence-corrected chi connectivity index (χ2v) is 5.86. The molecule has 2 rings (SSSR count). The van der Waals surface area contributed by atoms with E-state index in [4.69, 9.17) is 11.6 Å². The molecule has 1 aliphatic heterocycles. The van der Waals surface area contributed by atoms with Gasteiger partial charge in [0, 0.05) is 5.02 Å². The van der Waals surface area contributed by atoms with Crippen molar-refractivity contribution in [3.8, 4) is 6.07 Å². The quantitative estimate of drug-likeness (QED) is 0.875. The Kier molecular flexibility index (Phi) is 4.52. The van der Waals surface area contributed by atoms with Crippen LogP contribution in [0.4, 0.5) is 0 Å². The third-order valence-electron chi connectivity index (χ3n) is 3.26. The smallest absolute Gasteiger partial charge is 0.0918 e. The normalized spacial score (nSPS) is 31.9. The Morgan fingerprint density at radius 1 is 1.44 bits per heavy atom. The van der Waals surface area contributed by atoms with Crippen LogP contribution in [-0.2, 0) is 0 Å². The molecule has 96 valence electrons. The van der Waals surface area contributed by atoms with Crippen molar-refractivity contribution >= 4 is 23.4 Å². The van der Waals surface area contributed by atoms with Gasteiger partial charge in [-0.15, -0.1) is 11.8 Å². The molecule has 3 nitrogen and oxygen atoms in total. The zero-order chi connectivity index (χ0) is 13.1. The van der Waals surface area contributed by atoms with Crippen molar-refractivity contribution in [3.63, 3.8) is 0 Å². The summed E-state index contributed by atoms with van der Waals surface area (Å²) in [6.45, 7) is 0. The number of aliphatic hydroxyl groups excluding tert-OH is 1. The van der Waals surface area contributed by atoms with Gasteiger partial charge in [-0.25, -0.2) is 0 Å². The van der Waals surface area contributed by atoms with E-state index in [1.54, 1.807) is 11.8 Å². The summed E-state index contributed by atoms with van der Waals surface area (Å²) in [5.41, 5.74) is 0.990. The Morgan fingerprint density at radius 2 is 2.11 bits per heavy atom. The molecule has 0 aromatic heterocycles. The van der Waals surface area contributed by atoms with E-state index in [-0.39, 0.29) is 11.4 Å². The van der Waals surface area contributed by atoms with Crippen LogP contribution < -0.4 is 5.32 Å². The molecule has 0 radical (unpaired) electrons. The Morgan fingerprint density at radius 3 is 2.67 bits per heavy atom. The highest BCUT2D eigenvalue weighted by molar-refractivity contribution is 7.99. The average molecular weight is 283 g/mol. The number of nitrogens with zero attached hydrogens (tertiary/aromatic N) is 1. The number of aliphatic hydroxyl groups is 1. The average Bonchev–Trinajstić information content (AvgIpc) is 2.38. The molecule has 0 aliphatic carbocycles. The van der Waals surface area contributed by atoms with Crippen molar-refractivity contribution in [2.45, 2.75) is 23.9 Å².